The standard InChI is InChI=1S/C29H32ClNO4S/c1-6-34-28(33)26-24(25-22(32)13-29(4,5)14-23(25)35-27(26)31)21-12-18(16(2)11-17(21)3)15-36-20-9-7-19(30)8-10-20/h7-12,24H,6,13-15,31H2,1-5H3/t24-/m0/s1. The number of allylic oxidation sites excluding steroid dienone is 2. The van der Waals surface area contributed by atoms with E-state index in [1.807, 2.05) is 45.0 Å². The number of nitrogens with two attached hydrogens (primary N) is 1. The summed E-state index contributed by atoms with van der Waals surface area (Å²) in [6.45, 7) is 10.1. The lowest BCUT2D eigenvalue weighted by Gasteiger charge is -2.38. The highest BCUT2D eigenvalue weighted by atomic mass is 35.5. The molecule has 0 saturated heterocycles. The van der Waals surface area contributed by atoms with E-state index in [0.29, 0.717) is 29.2 Å². The number of benzene rings is 2. The number of rotatable bonds is 6. The Labute approximate surface area is 222 Å². The van der Waals surface area contributed by atoms with E-state index in [1.54, 1.807) is 18.7 Å². The monoisotopic (exact) mass is 525 g/mol. The number of aryl methyl sites for hydroxylation is 2. The summed E-state index contributed by atoms with van der Waals surface area (Å²) in [5, 5.41) is 0.702. The van der Waals surface area contributed by atoms with Crippen LogP contribution in [0, 0.1) is 19.3 Å². The Morgan fingerprint density at radius 1 is 1.17 bits per heavy atom. The van der Waals surface area contributed by atoms with Gasteiger partial charge in [0.2, 0.25) is 5.88 Å². The van der Waals surface area contributed by atoms with E-state index in [2.05, 4.69) is 19.1 Å². The Kier molecular flexibility index (Phi) is 7.58. The van der Waals surface area contributed by atoms with Crippen LogP contribution >= 0.6 is 23.4 Å². The van der Waals surface area contributed by atoms with Crippen molar-refractivity contribution in [3.8, 4) is 0 Å². The predicted molar refractivity (Wildman–Crippen MR) is 144 cm³/mol. The molecule has 36 heavy (non-hydrogen) atoms. The summed E-state index contributed by atoms with van der Waals surface area (Å²) < 4.78 is 11.3. The lowest BCUT2D eigenvalue weighted by Crippen LogP contribution is -2.36. The quantitative estimate of drug-likeness (QED) is 0.332. The lowest BCUT2D eigenvalue weighted by molar-refractivity contribution is -0.139. The number of ketones is 1. The molecule has 2 aromatic rings. The Morgan fingerprint density at radius 2 is 1.86 bits per heavy atom. The van der Waals surface area contributed by atoms with Crippen molar-refractivity contribution in [1.82, 2.24) is 0 Å². The van der Waals surface area contributed by atoms with E-state index in [9.17, 15) is 9.59 Å². The maximum absolute atomic E-state index is 13.5. The number of carbonyl (C=O) groups excluding carboxylic acids is 2. The van der Waals surface area contributed by atoms with Gasteiger partial charge in [0.15, 0.2) is 5.78 Å². The summed E-state index contributed by atoms with van der Waals surface area (Å²) in [7, 11) is 0. The molecule has 4 rings (SSSR count). The summed E-state index contributed by atoms with van der Waals surface area (Å²) in [4.78, 5) is 27.7. The van der Waals surface area contributed by atoms with Crippen LogP contribution in [-0.4, -0.2) is 18.4 Å². The van der Waals surface area contributed by atoms with Crippen LogP contribution in [0.5, 0.6) is 0 Å². The van der Waals surface area contributed by atoms with E-state index in [1.165, 1.54) is 0 Å². The molecule has 0 fully saturated rings. The third-order valence-corrected chi connectivity index (χ3v) is 8.01. The average molecular weight is 526 g/mol. The van der Waals surface area contributed by atoms with Crippen molar-refractivity contribution in [2.75, 3.05) is 6.61 Å². The minimum absolute atomic E-state index is 0.0137. The molecule has 1 aliphatic heterocycles. The van der Waals surface area contributed by atoms with Crippen LogP contribution in [0.15, 0.2) is 64.1 Å². The third kappa shape index (κ3) is 5.35. The molecule has 190 valence electrons. The van der Waals surface area contributed by atoms with Gasteiger partial charge in [0.05, 0.1) is 12.5 Å². The number of thioether (sulfide) groups is 1. The van der Waals surface area contributed by atoms with Crippen LogP contribution in [0.2, 0.25) is 5.02 Å². The van der Waals surface area contributed by atoms with Crippen LogP contribution in [0.25, 0.3) is 0 Å². The van der Waals surface area contributed by atoms with Gasteiger partial charge in [0, 0.05) is 34.1 Å². The first-order chi connectivity index (χ1) is 17.0. The first-order valence-electron chi connectivity index (χ1n) is 12.1. The highest BCUT2D eigenvalue weighted by Gasteiger charge is 2.45. The van der Waals surface area contributed by atoms with Gasteiger partial charge in [-0.3, -0.25) is 4.79 Å². The van der Waals surface area contributed by atoms with E-state index < -0.39 is 11.9 Å². The average Bonchev–Trinajstić information content (AvgIpc) is 2.78. The molecule has 1 atom stereocenters. The van der Waals surface area contributed by atoms with Gasteiger partial charge in [-0.2, -0.15) is 0 Å². The maximum atomic E-state index is 13.5. The fourth-order valence-electron chi connectivity index (χ4n) is 4.98. The van der Waals surface area contributed by atoms with Crippen molar-refractivity contribution < 1.29 is 19.1 Å². The van der Waals surface area contributed by atoms with Gasteiger partial charge in [0.1, 0.15) is 11.3 Å². The number of halogens is 1. The molecule has 1 aliphatic carbocycles. The summed E-state index contributed by atoms with van der Waals surface area (Å²) in [6, 6.07) is 12.0. The zero-order valence-corrected chi connectivity index (χ0v) is 22.9. The summed E-state index contributed by atoms with van der Waals surface area (Å²) >= 11 is 7.74. The van der Waals surface area contributed by atoms with E-state index >= 15 is 0 Å². The second kappa shape index (κ2) is 10.3. The molecule has 1 heterocycles. The second-order valence-corrected chi connectivity index (χ2v) is 11.7. The minimum atomic E-state index is -0.628. The van der Waals surface area contributed by atoms with Crippen LogP contribution in [0.3, 0.4) is 0 Å². The number of hydrogen-bond donors (Lipinski definition) is 1. The Morgan fingerprint density at radius 3 is 2.53 bits per heavy atom. The molecule has 0 bridgehead atoms. The SMILES string of the molecule is CCOC(=O)C1=C(N)OC2=C(C(=O)CC(C)(C)C2)[C@@H]1c1cc(CSc2ccc(Cl)cc2)c(C)cc1C. The van der Waals surface area contributed by atoms with Crippen LogP contribution in [0.1, 0.15) is 61.8 Å². The molecule has 7 heteroatoms. The summed E-state index contributed by atoms with van der Waals surface area (Å²) in [6.07, 6.45) is 0.956. The van der Waals surface area contributed by atoms with E-state index in [-0.39, 0.29) is 29.3 Å². The summed E-state index contributed by atoms with van der Waals surface area (Å²) in [5.74, 6) is 0.101. The van der Waals surface area contributed by atoms with Gasteiger partial charge in [0.25, 0.3) is 0 Å². The molecule has 5 nitrogen and oxygen atoms in total. The third-order valence-electron chi connectivity index (χ3n) is 6.69. The normalized spacial score (nSPS) is 19.2. The number of esters is 1. The van der Waals surface area contributed by atoms with Gasteiger partial charge in [-0.1, -0.05) is 37.6 Å². The molecule has 0 unspecified atom stereocenters. The first-order valence-corrected chi connectivity index (χ1v) is 13.5. The van der Waals surface area contributed by atoms with Crippen molar-refractivity contribution in [3.05, 3.63) is 86.5 Å². The van der Waals surface area contributed by atoms with E-state index in [0.717, 1.165) is 32.9 Å². The Hall–Kier alpha value is -2.70. The molecule has 2 aromatic carbocycles. The number of hydrogen-bond acceptors (Lipinski definition) is 6. The zero-order chi connectivity index (χ0) is 26.2. The van der Waals surface area contributed by atoms with Crippen molar-refractivity contribution in [1.29, 1.82) is 0 Å². The van der Waals surface area contributed by atoms with Gasteiger partial charge in [-0.25, -0.2) is 4.79 Å². The molecular weight excluding hydrogens is 494 g/mol. The highest BCUT2D eigenvalue weighted by molar-refractivity contribution is 7.98. The molecule has 2 aliphatic rings. The van der Waals surface area contributed by atoms with Crippen LogP contribution in [0.4, 0.5) is 0 Å². The minimum Gasteiger partial charge on any atom is -0.462 e. The van der Waals surface area contributed by atoms with Gasteiger partial charge < -0.3 is 15.2 Å². The molecule has 0 amide bonds. The highest BCUT2D eigenvalue weighted by Crippen LogP contribution is 2.49. The molecule has 2 N–H and O–H groups in total. The number of Topliss-reactive ketones (excluding diaryl/α,β-unsaturated/α-hetero) is 1. The smallest absolute Gasteiger partial charge is 0.340 e. The zero-order valence-electron chi connectivity index (χ0n) is 21.4. The van der Waals surface area contributed by atoms with Gasteiger partial charge in [-0.15, -0.1) is 11.8 Å². The van der Waals surface area contributed by atoms with Crippen molar-refractivity contribution >= 4 is 35.1 Å². The molecule has 0 radical (unpaired) electrons. The largest absolute Gasteiger partial charge is 0.462 e. The number of carbonyl (C=O) groups is 2. The second-order valence-electron chi connectivity index (χ2n) is 10.2. The molecule has 0 saturated carbocycles. The molecule has 0 aromatic heterocycles. The fraction of sp³-hybridized carbons (Fsp3) is 0.379. The Bertz CT molecular complexity index is 1280. The molecule has 0 spiro atoms. The molecular formula is C29H32ClNO4S. The lowest BCUT2D eigenvalue weighted by atomic mass is 9.69. The topological polar surface area (TPSA) is 78.6 Å². The van der Waals surface area contributed by atoms with Crippen molar-refractivity contribution in [2.45, 2.75) is 64.0 Å². The van der Waals surface area contributed by atoms with Crippen LogP contribution in [-0.2, 0) is 24.8 Å². The summed E-state index contributed by atoms with van der Waals surface area (Å²) in [5.41, 5.74) is 10.9. The van der Waals surface area contributed by atoms with Crippen LogP contribution < -0.4 is 5.73 Å². The number of ether oxygens (including phenoxy) is 2. The van der Waals surface area contributed by atoms with Crippen molar-refractivity contribution in [2.24, 2.45) is 11.1 Å². The van der Waals surface area contributed by atoms with E-state index in [4.69, 9.17) is 26.8 Å². The van der Waals surface area contributed by atoms with Crippen molar-refractivity contribution in [3.63, 3.8) is 0 Å². The Balaban J connectivity index is 1.81. The van der Waals surface area contributed by atoms with Gasteiger partial charge in [-0.05, 0) is 72.7 Å². The van der Waals surface area contributed by atoms with Gasteiger partial charge >= 0.3 is 5.97 Å². The first kappa shape index (κ1) is 26.4. The maximum Gasteiger partial charge on any atom is 0.340 e. The fourth-order valence-corrected chi connectivity index (χ4v) is 6.07. The predicted octanol–water partition coefficient (Wildman–Crippen LogP) is 6.74.